The van der Waals surface area contributed by atoms with Crippen molar-refractivity contribution < 1.29 is 4.79 Å². The molecule has 1 amide bonds. The lowest BCUT2D eigenvalue weighted by Gasteiger charge is -2.33. The number of aromatic nitrogens is 5. The number of aryl methyl sites for hydroxylation is 1. The quantitative estimate of drug-likeness (QED) is 0.709. The molecule has 1 aliphatic rings. The Bertz CT molecular complexity index is 955. The number of hydrogen-bond acceptors (Lipinski definition) is 6. The van der Waals surface area contributed by atoms with Crippen LogP contribution in [-0.4, -0.2) is 42.2 Å². The van der Waals surface area contributed by atoms with E-state index in [4.69, 9.17) is 0 Å². The van der Waals surface area contributed by atoms with Crippen LogP contribution in [0.2, 0.25) is 0 Å². The van der Waals surface area contributed by atoms with Gasteiger partial charge in [0, 0.05) is 18.6 Å². The molecule has 0 bridgehead atoms. The van der Waals surface area contributed by atoms with Gasteiger partial charge in [0.2, 0.25) is 0 Å². The second kappa shape index (κ2) is 7.38. The normalized spacial score (nSPS) is 21.4. The Morgan fingerprint density at radius 3 is 2.86 bits per heavy atom. The molecule has 144 valence electrons. The van der Waals surface area contributed by atoms with E-state index in [1.54, 1.807) is 41.7 Å². The zero-order valence-electron chi connectivity index (χ0n) is 16.0. The van der Waals surface area contributed by atoms with Crippen molar-refractivity contribution >= 4 is 11.7 Å². The maximum atomic E-state index is 13.0. The topological polar surface area (TPSA) is 97.6 Å². The molecule has 2 atom stereocenters. The number of hydrogen-bond donors (Lipinski definition) is 2. The fourth-order valence-corrected chi connectivity index (χ4v) is 3.69. The van der Waals surface area contributed by atoms with Crippen molar-refractivity contribution in [1.29, 1.82) is 0 Å². The van der Waals surface area contributed by atoms with E-state index < -0.39 is 0 Å². The van der Waals surface area contributed by atoms with Crippen LogP contribution in [0, 0.1) is 6.92 Å². The number of pyridine rings is 1. The second-order valence-electron chi connectivity index (χ2n) is 7.33. The highest BCUT2D eigenvalue weighted by molar-refractivity contribution is 5.96. The van der Waals surface area contributed by atoms with Crippen LogP contribution >= 0.6 is 0 Å². The molecule has 28 heavy (non-hydrogen) atoms. The molecule has 1 saturated carbocycles. The van der Waals surface area contributed by atoms with E-state index in [1.807, 2.05) is 19.1 Å². The van der Waals surface area contributed by atoms with Crippen LogP contribution in [0.25, 0.3) is 5.69 Å². The third-order valence-corrected chi connectivity index (χ3v) is 5.21. The molecule has 0 saturated heterocycles. The SMILES string of the molecule is Cc1cnc(N[C@@]2(C)CCC[C@@H]2NC(=O)c2ncccc2-n2cccn2)cn1. The minimum Gasteiger partial charge on any atom is -0.362 e. The molecule has 3 aromatic rings. The van der Waals surface area contributed by atoms with Gasteiger partial charge in [0.15, 0.2) is 5.69 Å². The summed E-state index contributed by atoms with van der Waals surface area (Å²) in [6, 6.07) is 5.40. The summed E-state index contributed by atoms with van der Waals surface area (Å²) in [6.07, 6.45) is 11.4. The minimum absolute atomic E-state index is 0.0458. The number of nitrogens with zero attached hydrogens (tertiary/aromatic N) is 5. The highest BCUT2D eigenvalue weighted by Crippen LogP contribution is 2.33. The molecule has 4 rings (SSSR count). The van der Waals surface area contributed by atoms with Gasteiger partial charge in [0.05, 0.1) is 35.4 Å². The molecule has 0 spiro atoms. The summed E-state index contributed by atoms with van der Waals surface area (Å²) in [5, 5.41) is 10.9. The molecule has 2 N–H and O–H groups in total. The van der Waals surface area contributed by atoms with E-state index in [0.29, 0.717) is 17.2 Å². The van der Waals surface area contributed by atoms with E-state index in [0.717, 1.165) is 25.0 Å². The van der Waals surface area contributed by atoms with Gasteiger partial charge in [-0.2, -0.15) is 5.10 Å². The molecule has 0 aliphatic heterocycles. The van der Waals surface area contributed by atoms with Crippen LogP contribution in [0.5, 0.6) is 0 Å². The average Bonchev–Trinajstić information content (AvgIpc) is 3.34. The predicted octanol–water partition coefficient (Wildman–Crippen LogP) is 2.52. The van der Waals surface area contributed by atoms with Crippen molar-refractivity contribution in [3.05, 3.63) is 60.6 Å². The van der Waals surface area contributed by atoms with Crippen LogP contribution in [0.1, 0.15) is 42.4 Å². The lowest BCUT2D eigenvalue weighted by molar-refractivity contribution is 0.0922. The molecule has 0 unspecified atom stereocenters. The molecule has 0 aromatic carbocycles. The van der Waals surface area contributed by atoms with Crippen molar-refractivity contribution in [2.45, 2.75) is 44.7 Å². The molecule has 3 aromatic heterocycles. The first-order valence-corrected chi connectivity index (χ1v) is 9.38. The lowest BCUT2D eigenvalue weighted by atomic mass is 9.95. The first-order valence-electron chi connectivity index (χ1n) is 9.38. The Morgan fingerprint density at radius 2 is 2.11 bits per heavy atom. The number of nitrogens with one attached hydrogen (secondary N) is 2. The molecule has 8 heteroatoms. The van der Waals surface area contributed by atoms with Gasteiger partial charge < -0.3 is 10.6 Å². The third kappa shape index (κ3) is 3.58. The molecule has 1 aliphatic carbocycles. The summed E-state index contributed by atoms with van der Waals surface area (Å²) in [5.41, 5.74) is 1.58. The Morgan fingerprint density at radius 1 is 1.21 bits per heavy atom. The number of carbonyl (C=O) groups is 1. The molecule has 0 radical (unpaired) electrons. The minimum atomic E-state index is -0.305. The van der Waals surface area contributed by atoms with Gasteiger partial charge >= 0.3 is 0 Å². The van der Waals surface area contributed by atoms with Crippen LogP contribution in [0.15, 0.2) is 49.2 Å². The number of anilines is 1. The van der Waals surface area contributed by atoms with Crippen molar-refractivity contribution in [2.75, 3.05) is 5.32 Å². The molecule has 3 heterocycles. The van der Waals surface area contributed by atoms with Gasteiger partial charge in [-0.25, -0.2) is 14.6 Å². The van der Waals surface area contributed by atoms with Crippen LogP contribution in [0.3, 0.4) is 0 Å². The Balaban J connectivity index is 1.53. The maximum absolute atomic E-state index is 13.0. The smallest absolute Gasteiger partial charge is 0.272 e. The number of amides is 1. The third-order valence-electron chi connectivity index (χ3n) is 5.21. The maximum Gasteiger partial charge on any atom is 0.272 e. The highest BCUT2D eigenvalue weighted by atomic mass is 16.2. The number of rotatable bonds is 5. The van der Waals surface area contributed by atoms with Crippen molar-refractivity contribution in [2.24, 2.45) is 0 Å². The van der Waals surface area contributed by atoms with Gasteiger partial charge in [-0.05, 0) is 51.3 Å². The zero-order valence-corrected chi connectivity index (χ0v) is 16.0. The lowest BCUT2D eigenvalue weighted by Crippen LogP contribution is -2.52. The summed E-state index contributed by atoms with van der Waals surface area (Å²) in [4.78, 5) is 26.0. The average molecular weight is 377 g/mol. The first kappa shape index (κ1) is 18.1. The van der Waals surface area contributed by atoms with Crippen LogP contribution in [0.4, 0.5) is 5.82 Å². The van der Waals surface area contributed by atoms with Gasteiger partial charge in [-0.1, -0.05) is 0 Å². The molecular weight excluding hydrogens is 354 g/mol. The van der Waals surface area contributed by atoms with Crippen molar-refractivity contribution in [3.8, 4) is 5.69 Å². The number of carbonyl (C=O) groups excluding carboxylic acids is 1. The second-order valence-corrected chi connectivity index (χ2v) is 7.33. The molecule has 1 fully saturated rings. The summed E-state index contributed by atoms with van der Waals surface area (Å²) in [5.74, 6) is 0.505. The van der Waals surface area contributed by atoms with Crippen LogP contribution in [-0.2, 0) is 0 Å². The standard InChI is InChI=1S/C20H23N7O/c1-14-12-23-17(13-22-14)26-20(2)8-3-7-16(20)25-19(28)18-15(6-4-9-21-18)27-11-5-10-24-27/h4-6,9-13,16H,3,7-8H2,1-2H3,(H,23,26)(H,25,28)/t16-,20-/m0/s1. The monoisotopic (exact) mass is 377 g/mol. The van der Waals surface area contributed by atoms with Gasteiger partial charge in [0.1, 0.15) is 5.82 Å². The van der Waals surface area contributed by atoms with Gasteiger partial charge in [-0.3, -0.25) is 9.78 Å². The fraction of sp³-hybridized carbons (Fsp3) is 0.350. The predicted molar refractivity (Wildman–Crippen MR) is 105 cm³/mol. The van der Waals surface area contributed by atoms with E-state index >= 15 is 0 Å². The van der Waals surface area contributed by atoms with Crippen molar-refractivity contribution in [1.82, 2.24) is 30.0 Å². The van der Waals surface area contributed by atoms with Gasteiger partial charge in [0.25, 0.3) is 5.91 Å². The van der Waals surface area contributed by atoms with E-state index in [2.05, 4.69) is 37.6 Å². The highest BCUT2D eigenvalue weighted by Gasteiger charge is 2.40. The van der Waals surface area contributed by atoms with E-state index in [1.165, 1.54) is 0 Å². The first-order chi connectivity index (χ1) is 13.5. The summed E-state index contributed by atoms with van der Waals surface area (Å²) in [7, 11) is 0. The largest absolute Gasteiger partial charge is 0.362 e. The molecular formula is C20H23N7O. The zero-order chi connectivity index (χ0) is 19.6. The summed E-state index contributed by atoms with van der Waals surface area (Å²) in [6.45, 7) is 4.01. The van der Waals surface area contributed by atoms with Crippen LogP contribution < -0.4 is 10.6 Å². The Hall–Kier alpha value is -3.29. The fourth-order valence-electron chi connectivity index (χ4n) is 3.69. The summed E-state index contributed by atoms with van der Waals surface area (Å²) >= 11 is 0. The Labute approximate surface area is 163 Å². The Kier molecular flexibility index (Phi) is 4.77. The molecule has 8 nitrogen and oxygen atoms in total. The van der Waals surface area contributed by atoms with E-state index in [-0.39, 0.29) is 17.5 Å². The van der Waals surface area contributed by atoms with Gasteiger partial charge in [-0.15, -0.1) is 0 Å². The van der Waals surface area contributed by atoms with E-state index in [9.17, 15) is 4.79 Å². The van der Waals surface area contributed by atoms with Crippen molar-refractivity contribution in [3.63, 3.8) is 0 Å². The summed E-state index contributed by atoms with van der Waals surface area (Å²) < 4.78 is 1.65.